The van der Waals surface area contributed by atoms with Gasteiger partial charge in [0, 0.05) is 31.7 Å². The number of piperazine rings is 1. The van der Waals surface area contributed by atoms with E-state index in [9.17, 15) is 9.90 Å². The lowest BCUT2D eigenvalue weighted by atomic mass is 9.72. The summed E-state index contributed by atoms with van der Waals surface area (Å²) >= 11 is 0. The predicted molar refractivity (Wildman–Crippen MR) is 116 cm³/mol. The van der Waals surface area contributed by atoms with Gasteiger partial charge in [-0.25, -0.2) is 0 Å². The van der Waals surface area contributed by atoms with Gasteiger partial charge in [0.15, 0.2) is 0 Å². The molecule has 28 heavy (non-hydrogen) atoms. The fraction of sp³-hybridized carbons (Fsp3) is 0.522. The first-order valence-corrected chi connectivity index (χ1v) is 10.3. The largest absolute Gasteiger partial charge is 0.481 e. The molecule has 4 rings (SSSR count). The summed E-state index contributed by atoms with van der Waals surface area (Å²) in [4.78, 5) is 16.8. The van der Waals surface area contributed by atoms with Crippen molar-refractivity contribution in [2.24, 2.45) is 0 Å². The molecule has 2 aliphatic rings. The summed E-state index contributed by atoms with van der Waals surface area (Å²) in [5.41, 5.74) is 2.29. The van der Waals surface area contributed by atoms with E-state index in [0.29, 0.717) is 0 Å². The van der Waals surface area contributed by atoms with E-state index in [0.717, 1.165) is 55.4 Å². The number of fused-ring (bicyclic) bond motifs is 1. The van der Waals surface area contributed by atoms with Crippen molar-refractivity contribution in [1.29, 1.82) is 0 Å². The van der Waals surface area contributed by atoms with Gasteiger partial charge in [-0.3, -0.25) is 9.69 Å². The zero-order valence-corrected chi connectivity index (χ0v) is 17.5. The normalized spacial score (nSPS) is 20.6. The molecule has 2 fully saturated rings. The molecule has 0 radical (unpaired) electrons. The van der Waals surface area contributed by atoms with Gasteiger partial charge in [-0.15, -0.1) is 12.4 Å². The highest BCUT2D eigenvalue weighted by molar-refractivity contribution is 5.90. The number of likely N-dealkylation sites (N-methyl/N-ethyl adjacent to an activating group) is 1. The third kappa shape index (κ3) is 3.91. The van der Waals surface area contributed by atoms with Crippen molar-refractivity contribution < 1.29 is 9.90 Å². The SMILES string of the molecule is CN1CCN(C2(c3ccc4ccccc4c3CC(=O)O)CCCCC2)CC1.Cl. The molecule has 1 aliphatic carbocycles. The summed E-state index contributed by atoms with van der Waals surface area (Å²) in [5.74, 6) is -0.739. The molecule has 0 unspecified atom stereocenters. The lowest BCUT2D eigenvalue weighted by molar-refractivity contribution is -0.136. The predicted octanol–water partition coefficient (Wildman–Crippen LogP) is 4.30. The minimum atomic E-state index is -0.739. The van der Waals surface area contributed by atoms with Crippen molar-refractivity contribution >= 4 is 29.1 Å². The molecule has 2 aromatic carbocycles. The Morgan fingerprint density at radius 1 is 1.00 bits per heavy atom. The zero-order chi connectivity index (χ0) is 18.9. The van der Waals surface area contributed by atoms with E-state index in [1.165, 1.54) is 24.8 Å². The number of nitrogens with zero attached hydrogens (tertiary/aromatic N) is 2. The Labute approximate surface area is 173 Å². The number of rotatable bonds is 4. The summed E-state index contributed by atoms with van der Waals surface area (Å²) in [6, 6.07) is 12.7. The molecule has 4 nitrogen and oxygen atoms in total. The number of benzene rings is 2. The van der Waals surface area contributed by atoms with Crippen LogP contribution in [-0.4, -0.2) is 54.1 Å². The minimum absolute atomic E-state index is 0. The smallest absolute Gasteiger partial charge is 0.307 e. The molecule has 1 saturated heterocycles. The lowest BCUT2D eigenvalue weighted by Crippen LogP contribution is -2.55. The van der Waals surface area contributed by atoms with Gasteiger partial charge in [-0.05, 0) is 41.8 Å². The Balaban J connectivity index is 0.00000225. The molecule has 1 saturated carbocycles. The van der Waals surface area contributed by atoms with Crippen LogP contribution in [0.4, 0.5) is 0 Å². The molecule has 5 heteroatoms. The van der Waals surface area contributed by atoms with Gasteiger partial charge in [0.2, 0.25) is 0 Å². The van der Waals surface area contributed by atoms with Crippen LogP contribution >= 0.6 is 12.4 Å². The third-order valence-corrected chi connectivity index (χ3v) is 6.66. The second-order valence-corrected chi connectivity index (χ2v) is 8.27. The van der Waals surface area contributed by atoms with Gasteiger partial charge in [0.1, 0.15) is 0 Å². The average molecular weight is 403 g/mol. The summed E-state index contributed by atoms with van der Waals surface area (Å²) in [6.45, 7) is 4.30. The summed E-state index contributed by atoms with van der Waals surface area (Å²) < 4.78 is 0. The Hall–Kier alpha value is -1.62. The molecule has 1 heterocycles. The highest BCUT2D eigenvalue weighted by atomic mass is 35.5. The number of halogens is 1. The molecule has 0 amide bonds. The molecule has 2 aromatic rings. The van der Waals surface area contributed by atoms with Crippen LogP contribution in [0.15, 0.2) is 36.4 Å². The number of carbonyl (C=O) groups is 1. The van der Waals surface area contributed by atoms with Gasteiger partial charge in [-0.2, -0.15) is 0 Å². The first kappa shape index (κ1) is 21.1. The molecule has 1 aliphatic heterocycles. The number of carboxylic acid groups (broad SMARTS) is 1. The molecule has 0 atom stereocenters. The van der Waals surface area contributed by atoms with E-state index < -0.39 is 5.97 Å². The fourth-order valence-electron chi connectivity index (χ4n) is 5.24. The molecular formula is C23H31ClN2O2. The van der Waals surface area contributed by atoms with Gasteiger partial charge in [0.05, 0.1) is 6.42 Å². The Morgan fingerprint density at radius 2 is 1.68 bits per heavy atom. The Morgan fingerprint density at radius 3 is 2.36 bits per heavy atom. The maximum absolute atomic E-state index is 11.8. The third-order valence-electron chi connectivity index (χ3n) is 6.66. The van der Waals surface area contributed by atoms with E-state index >= 15 is 0 Å². The van der Waals surface area contributed by atoms with Crippen LogP contribution in [-0.2, 0) is 16.8 Å². The average Bonchev–Trinajstić information content (AvgIpc) is 2.69. The van der Waals surface area contributed by atoms with Crippen molar-refractivity contribution in [2.45, 2.75) is 44.1 Å². The van der Waals surface area contributed by atoms with Crippen molar-refractivity contribution in [2.75, 3.05) is 33.2 Å². The highest BCUT2D eigenvalue weighted by Crippen LogP contribution is 2.45. The van der Waals surface area contributed by atoms with Crippen molar-refractivity contribution in [3.63, 3.8) is 0 Å². The standard InChI is InChI=1S/C23H30N2O2.ClH/c1-24-13-15-25(16-14-24)23(11-5-2-6-12-23)21-10-9-18-7-3-4-8-19(18)20(21)17-22(26)27;/h3-4,7-10H,2,5-6,11-17H2,1H3,(H,26,27);1H. The van der Waals surface area contributed by atoms with Crippen LogP contribution in [0.1, 0.15) is 43.2 Å². The second-order valence-electron chi connectivity index (χ2n) is 8.27. The molecule has 0 spiro atoms. The van der Waals surface area contributed by atoms with Gasteiger partial charge < -0.3 is 10.0 Å². The minimum Gasteiger partial charge on any atom is -0.481 e. The first-order chi connectivity index (χ1) is 13.1. The Bertz CT molecular complexity index is 824. The summed E-state index contributed by atoms with van der Waals surface area (Å²) in [5, 5.41) is 11.9. The van der Waals surface area contributed by atoms with Crippen molar-refractivity contribution in [1.82, 2.24) is 9.80 Å². The molecule has 1 N–H and O–H groups in total. The highest BCUT2D eigenvalue weighted by Gasteiger charge is 2.42. The van der Waals surface area contributed by atoms with E-state index in [4.69, 9.17) is 0 Å². The lowest BCUT2D eigenvalue weighted by Gasteiger charge is -2.50. The summed E-state index contributed by atoms with van der Waals surface area (Å²) in [6.07, 6.45) is 6.13. The molecule has 0 aromatic heterocycles. The van der Waals surface area contributed by atoms with Gasteiger partial charge in [0.25, 0.3) is 0 Å². The molecular weight excluding hydrogens is 372 g/mol. The van der Waals surface area contributed by atoms with Gasteiger partial charge in [-0.1, -0.05) is 55.7 Å². The zero-order valence-electron chi connectivity index (χ0n) is 16.7. The second kappa shape index (κ2) is 8.81. The van der Waals surface area contributed by atoms with Crippen LogP contribution in [0, 0.1) is 0 Å². The van der Waals surface area contributed by atoms with E-state index in [1.807, 2.05) is 12.1 Å². The van der Waals surface area contributed by atoms with Crippen LogP contribution < -0.4 is 0 Å². The quantitative estimate of drug-likeness (QED) is 0.828. The van der Waals surface area contributed by atoms with Crippen molar-refractivity contribution in [3.05, 3.63) is 47.5 Å². The van der Waals surface area contributed by atoms with Crippen LogP contribution in [0.5, 0.6) is 0 Å². The van der Waals surface area contributed by atoms with Crippen LogP contribution in [0.2, 0.25) is 0 Å². The fourth-order valence-corrected chi connectivity index (χ4v) is 5.24. The monoisotopic (exact) mass is 402 g/mol. The maximum Gasteiger partial charge on any atom is 0.307 e. The number of hydrogen-bond acceptors (Lipinski definition) is 3. The van der Waals surface area contributed by atoms with E-state index in [1.54, 1.807) is 0 Å². The van der Waals surface area contributed by atoms with E-state index in [2.05, 4.69) is 41.1 Å². The van der Waals surface area contributed by atoms with Crippen molar-refractivity contribution in [3.8, 4) is 0 Å². The number of hydrogen-bond donors (Lipinski definition) is 1. The molecule has 0 bridgehead atoms. The molecule has 152 valence electrons. The van der Waals surface area contributed by atoms with Crippen LogP contribution in [0.25, 0.3) is 10.8 Å². The maximum atomic E-state index is 11.8. The van der Waals surface area contributed by atoms with Crippen LogP contribution in [0.3, 0.4) is 0 Å². The Kier molecular flexibility index (Phi) is 6.64. The van der Waals surface area contributed by atoms with Gasteiger partial charge >= 0.3 is 5.97 Å². The number of carboxylic acids is 1. The topological polar surface area (TPSA) is 43.8 Å². The summed E-state index contributed by atoms with van der Waals surface area (Å²) in [7, 11) is 2.19. The van der Waals surface area contributed by atoms with E-state index in [-0.39, 0.29) is 24.4 Å². The number of aliphatic carboxylic acids is 1. The first-order valence-electron chi connectivity index (χ1n) is 10.3.